The van der Waals surface area contributed by atoms with Gasteiger partial charge in [0.25, 0.3) is 0 Å². The Morgan fingerprint density at radius 2 is 1.40 bits per heavy atom. The minimum atomic E-state index is -0.552. The van der Waals surface area contributed by atoms with Gasteiger partial charge in [0.05, 0.1) is 0 Å². The predicted octanol–water partition coefficient (Wildman–Crippen LogP) is 9.86. The molecule has 2 N–H and O–H groups in total. The van der Waals surface area contributed by atoms with Crippen LogP contribution in [0.1, 0.15) is 69.7 Å². The second-order valence-corrected chi connectivity index (χ2v) is 12.8. The molecule has 1 saturated heterocycles. The first kappa shape index (κ1) is 35.8. The Balaban J connectivity index is 0.000000507. The first-order valence-corrected chi connectivity index (χ1v) is 16.7. The number of likely N-dealkylation sites (tertiary alicyclic amines) is 1. The van der Waals surface area contributed by atoms with Crippen molar-refractivity contribution in [1.82, 2.24) is 4.90 Å². The number of para-hydroxylation sites is 1. The summed E-state index contributed by atoms with van der Waals surface area (Å²) in [6, 6.07) is 35.0. The molecule has 2 amide bonds. The lowest BCUT2D eigenvalue weighted by Crippen LogP contribution is -2.44. The number of hydrogen-bond donors (Lipinski definition) is 2. The highest BCUT2D eigenvalue weighted by Crippen LogP contribution is 2.46. The van der Waals surface area contributed by atoms with Crippen LogP contribution in [-0.4, -0.2) is 40.9 Å². The van der Waals surface area contributed by atoms with Gasteiger partial charge in [-0.3, -0.25) is 5.32 Å². The van der Waals surface area contributed by atoms with E-state index in [9.17, 15) is 9.59 Å². The van der Waals surface area contributed by atoms with Crippen LogP contribution < -0.4 is 5.32 Å². The number of phenols is 1. The molecular weight excluding hydrogens is 600 g/mol. The van der Waals surface area contributed by atoms with Gasteiger partial charge in [0.15, 0.2) is 0 Å². The van der Waals surface area contributed by atoms with Crippen molar-refractivity contribution in [3.63, 3.8) is 0 Å². The maximum absolute atomic E-state index is 12.8. The summed E-state index contributed by atoms with van der Waals surface area (Å²) in [4.78, 5) is 26.8. The number of nitrogens with one attached hydrogen (secondary N) is 1. The van der Waals surface area contributed by atoms with Gasteiger partial charge < -0.3 is 19.5 Å². The first-order valence-electron chi connectivity index (χ1n) is 16.7. The van der Waals surface area contributed by atoms with Crippen LogP contribution in [0.5, 0.6) is 5.75 Å². The highest BCUT2D eigenvalue weighted by molar-refractivity contribution is 5.87. The monoisotopic (exact) mass is 648 g/mol. The molecule has 48 heavy (non-hydrogen) atoms. The van der Waals surface area contributed by atoms with E-state index in [0.29, 0.717) is 24.5 Å². The van der Waals surface area contributed by atoms with Gasteiger partial charge in [0.1, 0.15) is 18.0 Å². The molecule has 7 heteroatoms. The highest BCUT2D eigenvalue weighted by Gasteiger charge is 2.38. The number of allylic oxidation sites excluding steroid dienone is 1. The van der Waals surface area contributed by atoms with Gasteiger partial charge in [0, 0.05) is 18.8 Å². The van der Waals surface area contributed by atoms with Gasteiger partial charge in [-0.2, -0.15) is 0 Å². The number of ether oxygens (including phenoxy) is 2. The Kier molecular flexibility index (Phi) is 12.4. The minimum Gasteiger partial charge on any atom is -0.508 e. The minimum absolute atomic E-state index is 0.0205. The van der Waals surface area contributed by atoms with Crippen molar-refractivity contribution in [1.29, 1.82) is 0 Å². The molecule has 0 unspecified atom stereocenters. The summed E-state index contributed by atoms with van der Waals surface area (Å²) in [6.07, 6.45) is 4.41. The number of anilines is 1. The van der Waals surface area contributed by atoms with Gasteiger partial charge in [-0.25, -0.2) is 9.59 Å². The normalized spacial score (nSPS) is 14.5. The van der Waals surface area contributed by atoms with Crippen LogP contribution in [0.2, 0.25) is 0 Å². The number of phenolic OH excluding ortho intramolecular Hbond substituents is 1. The topological polar surface area (TPSA) is 88.1 Å². The van der Waals surface area contributed by atoms with E-state index < -0.39 is 11.7 Å². The van der Waals surface area contributed by atoms with Crippen molar-refractivity contribution in [2.45, 2.75) is 66.1 Å². The maximum atomic E-state index is 12.8. The highest BCUT2D eigenvalue weighted by atomic mass is 16.6. The Morgan fingerprint density at radius 1 is 0.812 bits per heavy atom. The summed E-state index contributed by atoms with van der Waals surface area (Å²) in [7, 11) is 0. The lowest BCUT2D eigenvalue weighted by atomic mass is 9.67. The molecule has 0 saturated carbocycles. The summed E-state index contributed by atoms with van der Waals surface area (Å²) >= 11 is 0. The molecule has 1 aliphatic carbocycles. The molecule has 4 aromatic rings. The van der Waals surface area contributed by atoms with Crippen LogP contribution in [-0.2, 0) is 22.5 Å². The number of fused-ring (bicyclic) bond motifs is 1. The lowest BCUT2D eigenvalue weighted by molar-refractivity contribution is 0.0635. The molecule has 0 bridgehead atoms. The molecule has 1 fully saturated rings. The largest absolute Gasteiger partial charge is 0.508 e. The van der Waals surface area contributed by atoms with E-state index in [1.54, 1.807) is 24.3 Å². The molecule has 1 aliphatic heterocycles. The fourth-order valence-electron chi connectivity index (χ4n) is 5.84. The Hall–Kier alpha value is -5.04. The predicted molar refractivity (Wildman–Crippen MR) is 193 cm³/mol. The van der Waals surface area contributed by atoms with Gasteiger partial charge in [0.2, 0.25) is 0 Å². The fourth-order valence-corrected chi connectivity index (χ4v) is 5.84. The molecule has 1 spiro atoms. The number of amides is 2. The summed E-state index contributed by atoms with van der Waals surface area (Å²) < 4.78 is 11.0. The van der Waals surface area contributed by atoms with Crippen LogP contribution in [0, 0.1) is 5.41 Å². The average molecular weight is 649 g/mol. The Labute approximate surface area is 285 Å². The molecule has 0 atom stereocenters. The molecule has 1 heterocycles. The fraction of sp³-hybridized carbons (Fsp3) is 0.317. The quantitative estimate of drug-likeness (QED) is 0.230. The van der Waals surface area contributed by atoms with Crippen molar-refractivity contribution in [2.24, 2.45) is 5.41 Å². The Bertz CT molecular complexity index is 1640. The SMILES string of the molecule is CC.CC(C)(C)OC(=O)Nc1ccc(C2=CC3(CCN(C(=O)OCc4ccccc4)CC3)Cc3ccccc32)cc1.Oc1ccccc1. The van der Waals surface area contributed by atoms with Crippen molar-refractivity contribution in [3.05, 3.63) is 138 Å². The molecule has 0 radical (unpaired) electrons. The summed E-state index contributed by atoms with van der Waals surface area (Å²) in [5.41, 5.74) is 5.96. The van der Waals surface area contributed by atoms with Gasteiger partial charge in [-0.1, -0.05) is 105 Å². The first-order chi connectivity index (χ1) is 23.1. The average Bonchev–Trinajstić information content (AvgIpc) is 3.09. The van der Waals surface area contributed by atoms with Crippen molar-refractivity contribution in [2.75, 3.05) is 18.4 Å². The summed E-state index contributed by atoms with van der Waals surface area (Å²) in [5, 5.41) is 11.4. The van der Waals surface area contributed by atoms with Gasteiger partial charge >= 0.3 is 12.2 Å². The van der Waals surface area contributed by atoms with E-state index in [1.165, 1.54) is 16.7 Å². The van der Waals surface area contributed by atoms with Crippen molar-refractivity contribution < 1.29 is 24.2 Å². The van der Waals surface area contributed by atoms with E-state index >= 15 is 0 Å². The molecular formula is C41H48N2O5. The maximum Gasteiger partial charge on any atom is 0.412 e. The van der Waals surface area contributed by atoms with Crippen LogP contribution in [0.25, 0.3) is 5.57 Å². The van der Waals surface area contributed by atoms with Gasteiger partial charge in [-0.15, -0.1) is 0 Å². The number of rotatable bonds is 4. The van der Waals surface area contributed by atoms with E-state index in [0.717, 1.165) is 30.4 Å². The molecule has 6 rings (SSSR count). The van der Waals surface area contributed by atoms with E-state index in [-0.39, 0.29) is 18.1 Å². The number of carbonyl (C=O) groups excluding carboxylic acids is 2. The van der Waals surface area contributed by atoms with Crippen LogP contribution in [0.15, 0.2) is 115 Å². The van der Waals surface area contributed by atoms with E-state index in [2.05, 4.69) is 35.7 Å². The number of nitrogens with zero attached hydrogens (tertiary/aromatic N) is 1. The molecule has 4 aromatic carbocycles. The number of piperidine rings is 1. The number of aromatic hydroxyl groups is 1. The third kappa shape index (κ3) is 10.2. The third-order valence-corrected chi connectivity index (χ3v) is 8.12. The molecule has 2 aliphatic rings. The van der Waals surface area contributed by atoms with Gasteiger partial charge in [-0.05, 0) is 97.5 Å². The van der Waals surface area contributed by atoms with Crippen LogP contribution >= 0.6 is 0 Å². The zero-order valence-corrected chi connectivity index (χ0v) is 28.7. The summed E-state index contributed by atoms with van der Waals surface area (Å²) in [5.74, 6) is 0.322. The number of benzene rings is 4. The zero-order valence-electron chi connectivity index (χ0n) is 28.7. The third-order valence-electron chi connectivity index (χ3n) is 8.12. The molecule has 7 nitrogen and oxygen atoms in total. The molecule has 0 aromatic heterocycles. The van der Waals surface area contributed by atoms with Crippen LogP contribution in [0.4, 0.5) is 15.3 Å². The van der Waals surface area contributed by atoms with E-state index in [4.69, 9.17) is 14.6 Å². The van der Waals surface area contributed by atoms with Crippen molar-refractivity contribution in [3.8, 4) is 5.75 Å². The zero-order chi connectivity index (χ0) is 34.6. The number of hydrogen-bond acceptors (Lipinski definition) is 5. The van der Waals surface area contributed by atoms with Crippen LogP contribution in [0.3, 0.4) is 0 Å². The Morgan fingerprint density at radius 3 is 1.98 bits per heavy atom. The van der Waals surface area contributed by atoms with E-state index in [1.807, 2.05) is 100 Å². The number of carbonyl (C=O) groups is 2. The van der Waals surface area contributed by atoms with Crippen molar-refractivity contribution >= 4 is 23.4 Å². The lowest BCUT2D eigenvalue weighted by Gasteiger charge is -2.43. The second kappa shape index (κ2) is 16.7. The standard InChI is InChI=1S/C33H36N2O4.C6H6O.C2H6/c1-32(2,3)39-30(36)34-27-15-13-25(14-16-27)29-22-33(21-26-11-7-8-12-28(26)29)17-19-35(20-18-33)31(37)38-23-24-9-5-4-6-10-24;7-6-4-2-1-3-5-6;1-2/h4-16,22H,17-21,23H2,1-3H3,(H,34,36);1-5,7H;1-2H3. The smallest absolute Gasteiger partial charge is 0.412 e. The summed E-state index contributed by atoms with van der Waals surface area (Å²) in [6.45, 7) is 11.2. The molecule has 252 valence electrons. The second-order valence-electron chi connectivity index (χ2n) is 12.8.